The van der Waals surface area contributed by atoms with Gasteiger partial charge in [0.25, 0.3) is 0 Å². The zero-order valence-corrected chi connectivity index (χ0v) is 11.3. The van der Waals surface area contributed by atoms with E-state index in [9.17, 15) is 9.90 Å². The van der Waals surface area contributed by atoms with Crippen molar-refractivity contribution >= 4 is 11.5 Å². The zero-order valence-electron chi connectivity index (χ0n) is 11.3. The molecule has 3 heteroatoms. The van der Waals surface area contributed by atoms with E-state index in [1.165, 1.54) is 0 Å². The van der Waals surface area contributed by atoms with Crippen LogP contribution in [0.15, 0.2) is 55.1 Å². The van der Waals surface area contributed by atoms with Gasteiger partial charge in [-0.3, -0.25) is 0 Å². The highest BCUT2D eigenvalue weighted by atomic mass is 16.5. The van der Waals surface area contributed by atoms with Crippen LogP contribution in [0.25, 0.3) is 5.57 Å². The Morgan fingerprint density at radius 3 is 2.50 bits per heavy atom. The molecule has 0 saturated heterocycles. The summed E-state index contributed by atoms with van der Waals surface area (Å²) >= 11 is 0. The standard InChI is InChI=1S/C17H16O3/c1-12(2)14-8-9-16(15(10-14)17(18)19)20-11-13-6-4-3-5-7-13/h3-10H,1,11H2,2H3,(H,18,19). The van der Waals surface area contributed by atoms with Crippen LogP contribution >= 0.6 is 0 Å². The molecule has 0 unspecified atom stereocenters. The first-order valence-corrected chi connectivity index (χ1v) is 6.28. The maximum atomic E-state index is 11.3. The van der Waals surface area contributed by atoms with Crippen LogP contribution in [0.3, 0.4) is 0 Å². The van der Waals surface area contributed by atoms with Crippen molar-refractivity contribution in [3.05, 3.63) is 71.8 Å². The number of aromatic carboxylic acids is 1. The van der Waals surface area contributed by atoms with E-state index in [1.54, 1.807) is 12.1 Å². The Kier molecular flexibility index (Phi) is 4.20. The largest absolute Gasteiger partial charge is 0.488 e. The molecular weight excluding hydrogens is 252 g/mol. The van der Waals surface area contributed by atoms with Crippen molar-refractivity contribution in [3.8, 4) is 5.75 Å². The second kappa shape index (κ2) is 6.06. The first kappa shape index (κ1) is 13.9. The summed E-state index contributed by atoms with van der Waals surface area (Å²) in [6.45, 7) is 5.99. The van der Waals surface area contributed by atoms with Crippen LogP contribution in [0.5, 0.6) is 5.75 Å². The Hall–Kier alpha value is -2.55. The van der Waals surface area contributed by atoms with Gasteiger partial charge in [0, 0.05) is 0 Å². The summed E-state index contributed by atoms with van der Waals surface area (Å²) in [5, 5.41) is 9.26. The van der Waals surface area contributed by atoms with Gasteiger partial charge in [-0.1, -0.05) is 48.6 Å². The monoisotopic (exact) mass is 268 g/mol. The van der Waals surface area contributed by atoms with Crippen LogP contribution < -0.4 is 4.74 Å². The minimum atomic E-state index is -1.00. The smallest absolute Gasteiger partial charge is 0.339 e. The van der Waals surface area contributed by atoms with Gasteiger partial charge in [-0.05, 0) is 30.2 Å². The van der Waals surface area contributed by atoms with E-state index in [0.717, 1.165) is 16.7 Å². The Morgan fingerprint density at radius 2 is 1.90 bits per heavy atom. The first-order chi connectivity index (χ1) is 9.58. The molecule has 0 heterocycles. The number of carboxylic acids is 1. The first-order valence-electron chi connectivity index (χ1n) is 6.28. The van der Waals surface area contributed by atoms with Gasteiger partial charge >= 0.3 is 5.97 Å². The third-order valence-electron chi connectivity index (χ3n) is 2.94. The normalized spacial score (nSPS) is 10.1. The van der Waals surface area contributed by atoms with E-state index in [4.69, 9.17) is 4.74 Å². The lowest BCUT2D eigenvalue weighted by molar-refractivity contribution is 0.0691. The van der Waals surface area contributed by atoms with Crippen molar-refractivity contribution in [2.45, 2.75) is 13.5 Å². The summed E-state index contributed by atoms with van der Waals surface area (Å²) in [5.41, 5.74) is 2.77. The number of hydrogen-bond donors (Lipinski definition) is 1. The van der Waals surface area contributed by atoms with Crippen LogP contribution in [0, 0.1) is 0 Å². The van der Waals surface area contributed by atoms with E-state index in [2.05, 4.69) is 6.58 Å². The molecule has 0 radical (unpaired) electrons. The Balaban J connectivity index is 2.23. The topological polar surface area (TPSA) is 46.5 Å². The number of rotatable bonds is 5. The number of hydrogen-bond acceptors (Lipinski definition) is 2. The zero-order chi connectivity index (χ0) is 14.5. The third kappa shape index (κ3) is 3.26. The van der Waals surface area contributed by atoms with Crippen LogP contribution in [0.4, 0.5) is 0 Å². The van der Waals surface area contributed by atoms with Gasteiger partial charge < -0.3 is 9.84 Å². The fraction of sp³-hybridized carbons (Fsp3) is 0.118. The number of ether oxygens (including phenoxy) is 1. The van der Waals surface area contributed by atoms with Gasteiger partial charge in [-0.2, -0.15) is 0 Å². The Bertz CT molecular complexity index is 630. The molecule has 2 aromatic rings. The minimum absolute atomic E-state index is 0.154. The molecular formula is C17H16O3. The predicted octanol–water partition coefficient (Wildman–Crippen LogP) is 4.00. The molecule has 0 aromatic heterocycles. The SMILES string of the molecule is C=C(C)c1ccc(OCc2ccccc2)c(C(=O)O)c1. The number of carbonyl (C=O) groups is 1. The van der Waals surface area contributed by atoms with Crippen molar-refractivity contribution in [2.75, 3.05) is 0 Å². The summed E-state index contributed by atoms with van der Waals surface area (Å²) in [4.78, 5) is 11.3. The lowest BCUT2D eigenvalue weighted by Gasteiger charge is -2.11. The molecule has 0 aliphatic carbocycles. The van der Waals surface area contributed by atoms with E-state index < -0.39 is 5.97 Å². The molecule has 0 aliphatic heterocycles. The minimum Gasteiger partial charge on any atom is -0.488 e. The average molecular weight is 268 g/mol. The maximum Gasteiger partial charge on any atom is 0.339 e. The van der Waals surface area contributed by atoms with E-state index >= 15 is 0 Å². The van der Waals surface area contributed by atoms with Gasteiger partial charge in [-0.15, -0.1) is 0 Å². The van der Waals surface area contributed by atoms with Crippen LogP contribution in [-0.4, -0.2) is 11.1 Å². The van der Waals surface area contributed by atoms with E-state index in [0.29, 0.717) is 12.4 Å². The Morgan fingerprint density at radius 1 is 1.20 bits per heavy atom. The summed E-state index contributed by atoms with van der Waals surface area (Å²) in [7, 11) is 0. The summed E-state index contributed by atoms with van der Waals surface area (Å²) in [6.07, 6.45) is 0. The molecule has 0 bridgehead atoms. The highest BCUT2D eigenvalue weighted by molar-refractivity contribution is 5.92. The maximum absolute atomic E-state index is 11.3. The molecule has 0 spiro atoms. The van der Waals surface area contributed by atoms with Gasteiger partial charge in [0.05, 0.1) is 0 Å². The molecule has 3 nitrogen and oxygen atoms in total. The number of benzene rings is 2. The molecule has 102 valence electrons. The fourth-order valence-corrected chi connectivity index (χ4v) is 1.82. The predicted molar refractivity (Wildman–Crippen MR) is 78.9 cm³/mol. The lowest BCUT2D eigenvalue weighted by atomic mass is 10.0. The second-order valence-electron chi connectivity index (χ2n) is 4.57. The van der Waals surface area contributed by atoms with Crippen molar-refractivity contribution in [1.82, 2.24) is 0 Å². The van der Waals surface area contributed by atoms with Gasteiger partial charge in [-0.25, -0.2) is 4.79 Å². The van der Waals surface area contributed by atoms with Gasteiger partial charge in [0.2, 0.25) is 0 Å². The number of allylic oxidation sites excluding steroid dienone is 1. The lowest BCUT2D eigenvalue weighted by Crippen LogP contribution is -2.04. The van der Waals surface area contributed by atoms with Crippen LogP contribution in [-0.2, 0) is 6.61 Å². The fourth-order valence-electron chi connectivity index (χ4n) is 1.82. The molecule has 0 aliphatic rings. The van der Waals surface area contributed by atoms with Crippen molar-refractivity contribution in [1.29, 1.82) is 0 Å². The summed E-state index contributed by atoms with van der Waals surface area (Å²) in [5.74, 6) is -0.637. The molecule has 20 heavy (non-hydrogen) atoms. The quantitative estimate of drug-likeness (QED) is 0.891. The van der Waals surface area contributed by atoms with Gasteiger partial charge in [0.15, 0.2) is 0 Å². The van der Waals surface area contributed by atoms with E-state index in [1.807, 2.05) is 43.3 Å². The molecule has 0 fully saturated rings. The summed E-state index contributed by atoms with van der Waals surface area (Å²) < 4.78 is 5.61. The van der Waals surface area contributed by atoms with Crippen LogP contribution in [0.2, 0.25) is 0 Å². The molecule has 0 amide bonds. The second-order valence-corrected chi connectivity index (χ2v) is 4.57. The van der Waals surface area contributed by atoms with Crippen molar-refractivity contribution in [3.63, 3.8) is 0 Å². The molecule has 0 atom stereocenters. The van der Waals surface area contributed by atoms with E-state index in [-0.39, 0.29) is 5.56 Å². The summed E-state index contributed by atoms with van der Waals surface area (Å²) in [6, 6.07) is 14.7. The van der Waals surface area contributed by atoms with Gasteiger partial charge in [0.1, 0.15) is 17.9 Å². The molecule has 0 saturated carbocycles. The van der Waals surface area contributed by atoms with Crippen LogP contribution in [0.1, 0.15) is 28.4 Å². The molecule has 2 rings (SSSR count). The Labute approximate surface area is 118 Å². The molecule has 2 aromatic carbocycles. The molecule has 1 N–H and O–H groups in total. The third-order valence-corrected chi connectivity index (χ3v) is 2.94. The number of carboxylic acid groups (broad SMARTS) is 1. The highest BCUT2D eigenvalue weighted by Gasteiger charge is 2.12. The highest BCUT2D eigenvalue weighted by Crippen LogP contribution is 2.24. The van der Waals surface area contributed by atoms with Crippen molar-refractivity contribution < 1.29 is 14.6 Å². The average Bonchev–Trinajstić information content (AvgIpc) is 2.45. The van der Waals surface area contributed by atoms with Crippen molar-refractivity contribution in [2.24, 2.45) is 0 Å².